The van der Waals surface area contributed by atoms with Crippen LogP contribution in [0.2, 0.25) is 0 Å². The molecule has 0 radical (unpaired) electrons. The second kappa shape index (κ2) is 7.01. The van der Waals surface area contributed by atoms with Crippen LogP contribution in [0, 0.1) is 5.92 Å². The zero-order valence-electron chi connectivity index (χ0n) is 12.7. The third kappa shape index (κ3) is 3.54. The number of piperidine rings is 1. The van der Waals surface area contributed by atoms with Crippen LogP contribution in [0.4, 0.5) is 0 Å². The van der Waals surface area contributed by atoms with Gasteiger partial charge in [-0.15, -0.1) is 0 Å². The van der Waals surface area contributed by atoms with E-state index in [1.165, 1.54) is 6.08 Å². The summed E-state index contributed by atoms with van der Waals surface area (Å²) in [4.78, 5) is 28.9. The molecule has 3 rings (SSSR count). The van der Waals surface area contributed by atoms with Crippen molar-refractivity contribution in [1.29, 1.82) is 0 Å². The molecule has 1 aromatic heterocycles. The van der Waals surface area contributed by atoms with Gasteiger partial charge in [0.25, 0.3) is 0 Å². The third-order valence-electron chi connectivity index (χ3n) is 4.10. The van der Waals surface area contributed by atoms with Gasteiger partial charge >= 0.3 is 0 Å². The molecule has 4 nitrogen and oxygen atoms in total. The van der Waals surface area contributed by atoms with E-state index < -0.39 is 5.92 Å². The molecule has 2 unspecified atom stereocenters. The summed E-state index contributed by atoms with van der Waals surface area (Å²) in [6.45, 7) is 0.606. The van der Waals surface area contributed by atoms with Crippen molar-refractivity contribution in [2.75, 3.05) is 6.54 Å². The summed E-state index contributed by atoms with van der Waals surface area (Å²) in [7, 11) is 0. The molecule has 1 aliphatic rings. The smallest absolute Gasteiger partial charge is 0.231 e. The Hall–Kier alpha value is -2.75. The summed E-state index contributed by atoms with van der Waals surface area (Å²) in [5, 5.41) is 2.80. The number of nitrogens with zero attached hydrogens (tertiary/aromatic N) is 1. The summed E-state index contributed by atoms with van der Waals surface area (Å²) in [5.41, 5.74) is 1.88. The molecule has 1 aromatic carbocycles. The quantitative estimate of drug-likeness (QED) is 0.697. The lowest BCUT2D eigenvalue weighted by Crippen LogP contribution is -2.44. The van der Waals surface area contributed by atoms with E-state index in [9.17, 15) is 9.59 Å². The van der Waals surface area contributed by atoms with Crippen molar-refractivity contribution >= 4 is 17.8 Å². The molecule has 0 bridgehead atoms. The molecular formula is C19H18N2O2. The molecule has 0 aliphatic carbocycles. The molecule has 23 heavy (non-hydrogen) atoms. The SMILES string of the molecule is O=C(/C=C/c1cccnc1)C1C(=O)NCCC1c1ccccc1. The van der Waals surface area contributed by atoms with Crippen molar-refractivity contribution in [2.45, 2.75) is 12.3 Å². The maximum atomic E-state index is 12.6. The Morgan fingerprint density at radius 1 is 1.17 bits per heavy atom. The topological polar surface area (TPSA) is 59.1 Å². The van der Waals surface area contributed by atoms with Crippen molar-refractivity contribution in [3.63, 3.8) is 0 Å². The Labute approximate surface area is 135 Å². The molecule has 4 heteroatoms. The van der Waals surface area contributed by atoms with E-state index in [1.54, 1.807) is 18.5 Å². The predicted molar refractivity (Wildman–Crippen MR) is 88.6 cm³/mol. The number of ketones is 1. The number of amides is 1. The predicted octanol–water partition coefficient (Wildman–Crippen LogP) is 2.58. The highest BCUT2D eigenvalue weighted by Crippen LogP contribution is 2.31. The summed E-state index contributed by atoms with van der Waals surface area (Å²) < 4.78 is 0. The van der Waals surface area contributed by atoms with E-state index in [2.05, 4.69) is 10.3 Å². The van der Waals surface area contributed by atoms with Crippen LogP contribution < -0.4 is 5.32 Å². The number of nitrogens with one attached hydrogen (secondary N) is 1. The molecule has 1 N–H and O–H groups in total. The van der Waals surface area contributed by atoms with Gasteiger partial charge in [-0.3, -0.25) is 14.6 Å². The first kappa shape index (κ1) is 15.2. The molecule has 2 atom stereocenters. The summed E-state index contributed by atoms with van der Waals surface area (Å²) in [6, 6.07) is 13.5. The van der Waals surface area contributed by atoms with E-state index in [0.29, 0.717) is 6.54 Å². The number of allylic oxidation sites excluding steroid dienone is 1. The highest BCUT2D eigenvalue weighted by atomic mass is 16.2. The normalized spacial score (nSPS) is 21.1. The number of aromatic nitrogens is 1. The first-order valence-electron chi connectivity index (χ1n) is 7.70. The molecular weight excluding hydrogens is 288 g/mol. The Kier molecular flexibility index (Phi) is 4.62. The monoisotopic (exact) mass is 306 g/mol. The zero-order chi connectivity index (χ0) is 16.1. The van der Waals surface area contributed by atoms with Crippen molar-refractivity contribution in [2.24, 2.45) is 5.92 Å². The van der Waals surface area contributed by atoms with Crippen LogP contribution in [-0.2, 0) is 9.59 Å². The van der Waals surface area contributed by atoms with Gasteiger partial charge < -0.3 is 5.32 Å². The van der Waals surface area contributed by atoms with E-state index in [1.807, 2.05) is 42.5 Å². The zero-order valence-corrected chi connectivity index (χ0v) is 12.7. The fraction of sp³-hybridized carbons (Fsp3) is 0.211. The Balaban J connectivity index is 1.83. The molecule has 0 saturated carbocycles. The number of carbonyl (C=O) groups excluding carboxylic acids is 2. The Bertz CT molecular complexity index is 711. The summed E-state index contributed by atoms with van der Waals surface area (Å²) >= 11 is 0. The minimum atomic E-state index is -0.668. The molecule has 2 aromatic rings. The van der Waals surface area contributed by atoms with E-state index in [-0.39, 0.29) is 17.6 Å². The van der Waals surface area contributed by atoms with Gasteiger partial charge in [0.15, 0.2) is 5.78 Å². The lowest BCUT2D eigenvalue weighted by atomic mass is 9.78. The number of benzene rings is 1. The van der Waals surface area contributed by atoms with Crippen LogP contribution in [0.15, 0.2) is 60.9 Å². The average Bonchev–Trinajstić information content (AvgIpc) is 2.61. The first-order valence-corrected chi connectivity index (χ1v) is 7.70. The number of hydrogen-bond acceptors (Lipinski definition) is 3. The highest BCUT2D eigenvalue weighted by molar-refractivity contribution is 6.09. The van der Waals surface area contributed by atoms with Crippen LogP contribution in [0.3, 0.4) is 0 Å². The molecule has 2 heterocycles. The summed E-state index contributed by atoms with van der Waals surface area (Å²) in [6.07, 6.45) is 7.33. The minimum absolute atomic E-state index is 0.0731. The van der Waals surface area contributed by atoms with Gasteiger partial charge in [0.1, 0.15) is 5.92 Å². The molecule has 1 amide bonds. The standard InChI is InChI=1S/C19H18N2O2/c22-17(9-8-14-5-4-11-20-13-14)18-16(10-12-21-19(18)23)15-6-2-1-3-7-15/h1-9,11,13,16,18H,10,12H2,(H,21,23)/b9-8+. The number of hydrogen-bond donors (Lipinski definition) is 1. The van der Waals surface area contributed by atoms with E-state index in [0.717, 1.165) is 17.5 Å². The second-order valence-electron chi connectivity index (χ2n) is 5.60. The van der Waals surface area contributed by atoms with Gasteiger partial charge in [-0.05, 0) is 35.8 Å². The van der Waals surface area contributed by atoms with Gasteiger partial charge in [-0.1, -0.05) is 36.4 Å². The molecule has 0 spiro atoms. The van der Waals surface area contributed by atoms with E-state index >= 15 is 0 Å². The maximum absolute atomic E-state index is 12.6. The van der Waals surface area contributed by atoms with Crippen molar-refractivity contribution < 1.29 is 9.59 Å². The second-order valence-corrected chi connectivity index (χ2v) is 5.60. The Morgan fingerprint density at radius 3 is 2.74 bits per heavy atom. The third-order valence-corrected chi connectivity index (χ3v) is 4.10. The number of pyridine rings is 1. The van der Waals surface area contributed by atoms with Crippen LogP contribution in [0.5, 0.6) is 0 Å². The molecule has 1 aliphatic heterocycles. The molecule has 116 valence electrons. The number of rotatable bonds is 4. The van der Waals surface area contributed by atoms with E-state index in [4.69, 9.17) is 0 Å². The molecule has 1 saturated heterocycles. The highest BCUT2D eigenvalue weighted by Gasteiger charge is 2.37. The van der Waals surface area contributed by atoms with Gasteiger partial charge in [0.2, 0.25) is 5.91 Å². The van der Waals surface area contributed by atoms with Crippen LogP contribution >= 0.6 is 0 Å². The van der Waals surface area contributed by atoms with Crippen LogP contribution in [0.25, 0.3) is 6.08 Å². The first-order chi connectivity index (χ1) is 11.3. The lowest BCUT2D eigenvalue weighted by molar-refractivity contribution is -0.134. The van der Waals surface area contributed by atoms with Crippen LogP contribution in [0.1, 0.15) is 23.5 Å². The average molecular weight is 306 g/mol. The van der Waals surface area contributed by atoms with Crippen LogP contribution in [-0.4, -0.2) is 23.2 Å². The fourth-order valence-corrected chi connectivity index (χ4v) is 2.95. The van der Waals surface area contributed by atoms with Gasteiger partial charge in [0, 0.05) is 24.9 Å². The Morgan fingerprint density at radius 2 is 2.00 bits per heavy atom. The molecule has 1 fully saturated rings. The van der Waals surface area contributed by atoms with Crippen molar-refractivity contribution in [3.05, 3.63) is 72.1 Å². The summed E-state index contributed by atoms with van der Waals surface area (Å²) in [5.74, 6) is -1.10. The minimum Gasteiger partial charge on any atom is -0.355 e. The number of carbonyl (C=O) groups is 2. The maximum Gasteiger partial charge on any atom is 0.231 e. The lowest BCUT2D eigenvalue weighted by Gasteiger charge is -2.29. The van der Waals surface area contributed by atoms with Gasteiger partial charge in [0.05, 0.1) is 0 Å². The fourth-order valence-electron chi connectivity index (χ4n) is 2.95. The van der Waals surface area contributed by atoms with Gasteiger partial charge in [-0.2, -0.15) is 0 Å². The largest absolute Gasteiger partial charge is 0.355 e. The van der Waals surface area contributed by atoms with Crippen molar-refractivity contribution in [1.82, 2.24) is 10.3 Å². The van der Waals surface area contributed by atoms with Crippen molar-refractivity contribution in [3.8, 4) is 0 Å². The van der Waals surface area contributed by atoms with Gasteiger partial charge in [-0.25, -0.2) is 0 Å².